The molecule has 18 heavy (non-hydrogen) atoms. The fourth-order valence-corrected chi connectivity index (χ4v) is 2.04. The molecule has 4 heteroatoms. The number of anilines is 1. The van der Waals surface area contributed by atoms with Crippen LogP contribution in [0.3, 0.4) is 0 Å². The highest BCUT2D eigenvalue weighted by Gasteiger charge is 2.05. The molecule has 0 aliphatic rings. The Bertz CT molecular complexity index is 672. The van der Waals surface area contributed by atoms with E-state index in [9.17, 15) is 0 Å². The van der Waals surface area contributed by atoms with Crippen LogP contribution >= 0.6 is 0 Å². The fourth-order valence-electron chi connectivity index (χ4n) is 2.04. The van der Waals surface area contributed by atoms with E-state index in [4.69, 9.17) is 0 Å². The molecule has 0 unspecified atom stereocenters. The standard InChI is InChI=1S/C14H14N4/c1-2-15-11-6-7-16-12(10-11)13-4-3-5-14-17-8-9-18(13)14/h3-10H,2H2,1H3,(H,15,16). The quantitative estimate of drug-likeness (QED) is 0.763. The van der Waals surface area contributed by atoms with Crippen LogP contribution in [0.5, 0.6) is 0 Å². The molecule has 0 saturated heterocycles. The Morgan fingerprint density at radius 2 is 2.11 bits per heavy atom. The monoisotopic (exact) mass is 238 g/mol. The molecule has 0 atom stereocenters. The molecule has 90 valence electrons. The average Bonchev–Trinajstić information content (AvgIpc) is 2.87. The summed E-state index contributed by atoms with van der Waals surface area (Å²) in [6.07, 6.45) is 5.57. The van der Waals surface area contributed by atoms with Gasteiger partial charge < -0.3 is 5.32 Å². The molecule has 4 nitrogen and oxygen atoms in total. The number of pyridine rings is 2. The molecule has 0 amide bonds. The lowest BCUT2D eigenvalue weighted by molar-refractivity contribution is 1.15. The summed E-state index contributed by atoms with van der Waals surface area (Å²) < 4.78 is 2.04. The molecule has 0 fully saturated rings. The maximum atomic E-state index is 4.43. The van der Waals surface area contributed by atoms with Gasteiger partial charge in [-0.2, -0.15) is 0 Å². The van der Waals surface area contributed by atoms with Gasteiger partial charge in [-0.3, -0.25) is 9.38 Å². The highest BCUT2D eigenvalue weighted by Crippen LogP contribution is 2.21. The highest BCUT2D eigenvalue weighted by molar-refractivity contribution is 5.64. The van der Waals surface area contributed by atoms with E-state index in [1.807, 2.05) is 41.1 Å². The van der Waals surface area contributed by atoms with Crippen LogP contribution < -0.4 is 5.32 Å². The van der Waals surface area contributed by atoms with Crippen LogP contribution in [0.25, 0.3) is 17.0 Å². The van der Waals surface area contributed by atoms with E-state index in [0.29, 0.717) is 0 Å². The molecule has 3 aromatic rings. The van der Waals surface area contributed by atoms with Gasteiger partial charge in [-0.15, -0.1) is 0 Å². The number of fused-ring (bicyclic) bond motifs is 1. The van der Waals surface area contributed by atoms with E-state index in [2.05, 4.69) is 28.3 Å². The zero-order valence-electron chi connectivity index (χ0n) is 10.2. The van der Waals surface area contributed by atoms with Gasteiger partial charge in [-0.25, -0.2) is 4.98 Å². The van der Waals surface area contributed by atoms with Gasteiger partial charge in [0.1, 0.15) is 5.65 Å². The molecular weight excluding hydrogens is 224 g/mol. The second-order valence-electron chi connectivity index (χ2n) is 4.03. The number of rotatable bonds is 3. The van der Waals surface area contributed by atoms with Crippen molar-refractivity contribution in [2.75, 3.05) is 11.9 Å². The van der Waals surface area contributed by atoms with E-state index in [-0.39, 0.29) is 0 Å². The maximum Gasteiger partial charge on any atom is 0.137 e. The third-order valence-electron chi connectivity index (χ3n) is 2.83. The summed E-state index contributed by atoms with van der Waals surface area (Å²) in [5, 5.41) is 3.29. The Hall–Kier alpha value is -2.36. The molecule has 3 aromatic heterocycles. The number of hydrogen-bond acceptors (Lipinski definition) is 3. The predicted molar refractivity (Wildman–Crippen MR) is 72.6 cm³/mol. The van der Waals surface area contributed by atoms with Gasteiger partial charge in [-0.1, -0.05) is 6.07 Å². The van der Waals surface area contributed by atoms with Crippen molar-refractivity contribution < 1.29 is 0 Å². The maximum absolute atomic E-state index is 4.43. The summed E-state index contributed by atoms with van der Waals surface area (Å²) in [6.45, 7) is 2.98. The summed E-state index contributed by atoms with van der Waals surface area (Å²) >= 11 is 0. The van der Waals surface area contributed by atoms with Crippen molar-refractivity contribution in [2.45, 2.75) is 6.92 Å². The third kappa shape index (κ3) is 1.82. The first-order valence-electron chi connectivity index (χ1n) is 6.01. The molecule has 0 radical (unpaired) electrons. The molecule has 0 bridgehead atoms. The van der Waals surface area contributed by atoms with E-state index < -0.39 is 0 Å². The topological polar surface area (TPSA) is 42.2 Å². The molecular formula is C14H14N4. The second-order valence-corrected chi connectivity index (χ2v) is 4.03. The minimum Gasteiger partial charge on any atom is -0.385 e. The van der Waals surface area contributed by atoms with Crippen molar-refractivity contribution in [3.63, 3.8) is 0 Å². The Morgan fingerprint density at radius 3 is 3.00 bits per heavy atom. The molecule has 0 aromatic carbocycles. The smallest absolute Gasteiger partial charge is 0.137 e. The van der Waals surface area contributed by atoms with Crippen molar-refractivity contribution in [1.82, 2.24) is 14.4 Å². The van der Waals surface area contributed by atoms with Crippen molar-refractivity contribution >= 4 is 11.3 Å². The number of aromatic nitrogens is 3. The summed E-state index contributed by atoms with van der Waals surface area (Å²) in [5.74, 6) is 0. The van der Waals surface area contributed by atoms with Gasteiger partial charge in [0, 0.05) is 30.8 Å². The molecule has 1 N–H and O–H groups in total. The highest BCUT2D eigenvalue weighted by atomic mass is 15.0. The fraction of sp³-hybridized carbons (Fsp3) is 0.143. The first-order valence-corrected chi connectivity index (χ1v) is 6.01. The lowest BCUT2D eigenvalue weighted by Gasteiger charge is -2.07. The van der Waals surface area contributed by atoms with Crippen molar-refractivity contribution in [3.8, 4) is 11.4 Å². The van der Waals surface area contributed by atoms with Crippen LogP contribution in [-0.4, -0.2) is 20.9 Å². The van der Waals surface area contributed by atoms with Crippen LogP contribution in [0, 0.1) is 0 Å². The Labute approximate surface area is 105 Å². The minimum atomic E-state index is 0.902. The van der Waals surface area contributed by atoms with Crippen LogP contribution in [-0.2, 0) is 0 Å². The minimum absolute atomic E-state index is 0.902. The van der Waals surface area contributed by atoms with Crippen LogP contribution in [0.1, 0.15) is 6.92 Å². The first-order chi connectivity index (χ1) is 8.88. The van der Waals surface area contributed by atoms with Crippen molar-refractivity contribution in [3.05, 3.63) is 48.9 Å². The van der Waals surface area contributed by atoms with Crippen molar-refractivity contribution in [2.24, 2.45) is 0 Å². The molecule has 0 aliphatic carbocycles. The molecule has 0 spiro atoms. The zero-order chi connectivity index (χ0) is 12.4. The molecule has 0 saturated carbocycles. The van der Waals surface area contributed by atoms with E-state index in [1.165, 1.54) is 0 Å². The number of imidazole rings is 1. The largest absolute Gasteiger partial charge is 0.385 e. The van der Waals surface area contributed by atoms with Gasteiger partial charge in [0.25, 0.3) is 0 Å². The summed E-state index contributed by atoms with van der Waals surface area (Å²) in [4.78, 5) is 8.72. The zero-order valence-corrected chi connectivity index (χ0v) is 10.2. The van der Waals surface area contributed by atoms with Gasteiger partial charge in [0.15, 0.2) is 0 Å². The van der Waals surface area contributed by atoms with Gasteiger partial charge >= 0.3 is 0 Å². The van der Waals surface area contributed by atoms with E-state index in [1.54, 1.807) is 6.20 Å². The average molecular weight is 238 g/mol. The summed E-state index contributed by atoms with van der Waals surface area (Å²) in [5.41, 5.74) is 4.00. The second kappa shape index (κ2) is 4.49. The van der Waals surface area contributed by atoms with Crippen LogP contribution in [0.15, 0.2) is 48.9 Å². The first kappa shape index (κ1) is 10.8. The SMILES string of the molecule is CCNc1ccnc(-c2cccc3nccn23)c1. The number of nitrogens with one attached hydrogen (secondary N) is 1. The molecule has 0 aliphatic heterocycles. The Morgan fingerprint density at radius 1 is 1.17 bits per heavy atom. The Kier molecular flexibility index (Phi) is 2.68. The normalized spacial score (nSPS) is 10.7. The van der Waals surface area contributed by atoms with Gasteiger partial charge in [0.2, 0.25) is 0 Å². The lowest BCUT2D eigenvalue weighted by Crippen LogP contribution is -1.98. The number of hydrogen-bond donors (Lipinski definition) is 1. The Balaban J connectivity index is 2.13. The van der Waals surface area contributed by atoms with E-state index in [0.717, 1.165) is 29.3 Å². The summed E-state index contributed by atoms with van der Waals surface area (Å²) in [7, 11) is 0. The molecule has 3 rings (SSSR count). The number of nitrogens with zero attached hydrogens (tertiary/aromatic N) is 3. The predicted octanol–water partition coefficient (Wildman–Crippen LogP) is 2.83. The third-order valence-corrected chi connectivity index (χ3v) is 2.83. The van der Waals surface area contributed by atoms with Crippen molar-refractivity contribution in [1.29, 1.82) is 0 Å². The van der Waals surface area contributed by atoms with Crippen LogP contribution in [0.2, 0.25) is 0 Å². The van der Waals surface area contributed by atoms with E-state index >= 15 is 0 Å². The lowest BCUT2D eigenvalue weighted by atomic mass is 10.2. The van der Waals surface area contributed by atoms with Gasteiger partial charge in [-0.05, 0) is 31.2 Å². The summed E-state index contributed by atoms with van der Waals surface area (Å²) in [6, 6.07) is 10.1. The van der Waals surface area contributed by atoms with Gasteiger partial charge in [0.05, 0.1) is 11.4 Å². The van der Waals surface area contributed by atoms with Crippen LogP contribution in [0.4, 0.5) is 5.69 Å². The molecule has 3 heterocycles.